The minimum atomic E-state index is -4.78. The van der Waals surface area contributed by atoms with E-state index in [-0.39, 0.29) is 17.9 Å². The van der Waals surface area contributed by atoms with Gasteiger partial charge in [-0.3, -0.25) is 0 Å². The van der Waals surface area contributed by atoms with Gasteiger partial charge in [0.15, 0.2) is 14.9 Å². The van der Waals surface area contributed by atoms with Crippen LogP contribution in [0.15, 0.2) is 59.8 Å². The lowest BCUT2D eigenvalue weighted by Crippen LogP contribution is -2.60. The molecule has 3 heterocycles. The summed E-state index contributed by atoms with van der Waals surface area (Å²) in [5.74, 6) is -2.18. The number of amides is 2. The Labute approximate surface area is 172 Å². The van der Waals surface area contributed by atoms with Crippen LogP contribution in [0.25, 0.3) is 0 Å². The third-order valence-corrected chi connectivity index (χ3v) is 7.94. The van der Waals surface area contributed by atoms with Crippen LogP contribution in [-0.2, 0) is 9.84 Å². The Hall–Kier alpha value is -2.62. The Kier molecular flexibility index (Phi) is 5.21. The first kappa shape index (κ1) is 20.6. The van der Waals surface area contributed by atoms with Crippen LogP contribution in [0.1, 0.15) is 19.3 Å². The predicted molar refractivity (Wildman–Crippen MR) is 103 cm³/mol. The van der Waals surface area contributed by atoms with Gasteiger partial charge in [-0.05, 0) is 43.5 Å². The number of urea groups is 1. The number of para-hydroxylation sites is 1. The highest BCUT2D eigenvalue weighted by atomic mass is 32.2. The number of piperidine rings is 1. The quantitative estimate of drug-likeness (QED) is 0.788. The first-order valence-corrected chi connectivity index (χ1v) is 11.1. The van der Waals surface area contributed by atoms with E-state index >= 15 is 0 Å². The van der Waals surface area contributed by atoms with Gasteiger partial charge in [0.1, 0.15) is 0 Å². The summed E-state index contributed by atoms with van der Waals surface area (Å²) in [6.07, 6.45) is -3.38. The monoisotopic (exact) mass is 439 g/mol. The topological polar surface area (TPSA) is 79.4 Å². The highest BCUT2D eigenvalue weighted by Crippen LogP contribution is 2.49. The van der Waals surface area contributed by atoms with E-state index in [1.54, 1.807) is 30.3 Å². The number of halogens is 3. The van der Waals surface area contributed by atoms with Gasteiger partial charge in [-0.25, -0.2) is 18.2 Å². The molecule has 2 aliphatic heterocycles. The molecule has 2 bridgehead atoms. The van der Waals surface area contributed by atoms with E-state index in [0.29, 0.717) is 12.1 Å². The minimum Gasteiger partial charge on any atom is -0.318 e. The standard InChI is InChI=1S/C20H20F3N3O3S/c21-20(22,23)18-15-10-9-14(26(15)19(27)25-13-6-2-1-3-7-13)12-16(18)30(28,29)17-8-4-5-11-24-17/h1-8,11,14-16,18H,9-10,12H2,(H,25,27). The Morgan fingerprint density at radius 2 is 1.77 bits per heavy atom. The van der Waals surface area contributed by atoms with Crippen molar-refractivity contribution in [2.75, 3.05) is 5.32 Å². The molecule has 0 aliphatic carbocycles. The van der Waals surface area contributed by atoms with E-state index < -0.39 is 45.3 Å². The van der Waals surface area contributed by atoms with Gasteiger partial charge in [-0.1, -0.05) is 24.3 Å². The number of hydrogen-bond acceptors (Lipinski definition) is 4. The predicted octanol–water partition coefficient (Wildman–Crippen LogP) is 3.87. The van der Waals surface area contributed by atoms with Crippen molar-refractivity contribution in [2.45, 2.75) is 47.8 Å². The molecule has 0 saturated carbocycles. The number of carbonyl (C=O) groups is 1. The first-order chi connectivity index (χ1) is 14.2. The van der Waals surface area contributed by atoms with Gasteiger partial charge in [-0.2, -0.15) is 13.2 Å². The van der Waals surface area contributed by atoms with Crippen molar-refractivity contribution in [2.24, 2.45) is 5.92 Å². The lowest BCUT2D eigenvalue weighted by Gasteiger charge is -2.44. The van der Waals surface area contributed by atoms with Crippen molar-refractivity contribution >= 4 is 21.6 Å². The molecule has 2 aromatic rings. The molecule has 2 saturated heterocycles. The lowest BCUT2D eigenvalue weighted by molar-refractivity contribution is -0.193. The molecule has 1 N–H and O–H groups in total. The zero-order chi connectivity index (χ0) is 21.5. The number of alkyl halides is 3. The van der Waals surface area contributed by atoms with E-state index in [4.69, 9.17) is 0 Å². The molecule has 4 rings (SSSR count). The number of hydrogen-bond donors (Lipinski definition) is 1. The summed E-state index contributed by atoms with van der Waals surface area (Å²) in [6.45, 7) is 0. The van der Waals surface area contributed by atoms with Crippen LogP contribution < -0.4 is 5.32 Å². The van der Waals surface area contributed by atoms with Crippen LogP contribution in [0, 0.1) is 5.92 Å². The SMILES string of the molecule is O=C(Nc1ccccc1)N1C2CCC1C(C(F)(F)F)C(S(=O)(=O)c1ccccn1)C2. The summed E-state index contributed by atoms with van der Waals surface area (Å²) in [6, 6.07) is 10.1. The lowest BCUT2D eigenvalue weighted by atomic mass is 9.89. The number of aromatic nitrogens is 1. The molecule has 1 aromatic heterocycles. The number of fused-ring (bicyclic) bond motifs is 2. The van der Waals surface area contributed by atoms with Crippen molar-refractivity contribution in [1.29, 1.82) is 0 Å². The number of sulfone groups is 1. The van der Waals surface area contributed by atoms with Crippen LogP contribution in [0.2, 0.25) is 0 Å². The molecule has 1 aromatic carbocycles. The maximum absolute atomic E-state index is 14.1. The van der Waals surface area contributed by atoms with E-state index in [1.807, 2.05) is 0 Å². The summed E-state index contributed by atoms with van der Waals surface area (Å²) in [7, 11) is -4.32. The van der Waals surface area contributed by atoms with Crippen molar-refractivity contribution in [3.63, 3.8) is 0 Å². The fourth-order valence-corrected chi connectivity index (χ4v) is 6.59. The third kappa shape index (κ3) is 3.64. The molecular formula is C20H20F3N3O3S. The number of nitrogens with zero attached hydrogens (tertiary/aromatic N) is 2. The number of nitrogens with one attached hydrogen (secondary N) is 1. The number of pyridine rings is 1. The van der Waals surface area contributed by atoms with E-state index in [1.165, 1.54) is 29.3 Å². The number of carbonyl (C=O) groups excluding carboxylic acids is 1. The summed E-state index contributed by atoms with van der Waals surface area (Å²) in [5.41, 5.74) is 0.466. The van der Waals surface area contributed by atoms with Crippen LogP contribution in [0.4, 0.5) is 23.7 Å². The van der Waals surface area contributed by atoms with Gasteiger partial charge in [0.2, 0.25) is 0 Å². The van der Waals surface area contributed by atoms with Crippen molar-refractivity contribution < 1.29 is 26.4 Å². The number of anilines is 1. The van der Waals surface area contributed by atoms with Gasteiger partial charge < -0.3 is 10.2 Å². The largest absolute Gasteiger partial charge is 0.395 e. The number of benzene rings is 1. The van der Waals surface area contributed by atoms with Gasteiger partial charge >= 0.3 is 12.2 Å². The minimum absolute atomic E-state index is 0.102. The van der Waals surface area contributed by atoms with Crippen molar-refractivity contribution in [3.05, 3.63) is 54.7 Å². The third-order valence-electron chi connectivity index (χ3n) is 5.83. The van der Waals surface area contributed by atoms with Crippen molar-refractivity contribution in [3.8, 4) is 0 Å². The second-order valence-corrected chi connectivity index (χ2v) is 9.67. The normalized spacial score (nSPS) is 26.4. The average molecular weight is 439 g/mol. The Morgan fingerprint density at radius 3 is 2.40 bits per heavy atom. The Bertz CT molecular complexity index is 1020. The van der Waals surface area contributed by atoms with Gasteiger partial charge in [0, 0.05) is 24.0 Å². The Balaban J connectivity index is 1.67. The maximum atomic E-state index is 14.1. The summed E-state index contributed by atoms with van der Waals surface area (Å²) < 4.78 is 68.4. The van der Waals surface area contributed by atoms with Crippen LogP contribution in [0.5, 0.6) is 0 Å². The first-order valence-electron chi connectivity index (χ1n) is 9.55. The molecule has 30 heavy (non-hydrogen) atoms. The van der Waals surface area contributed by atoms with E-state index in [9.17, 15) is 26.4 Å². The van der Waals surface area contributed by atoms with Crippen molar-refractivity contribution in [1.82, 2.24) is 9.88 Å². The van der Waals surface area contributed by atoms with E-state index in [2.05, 4.69) is 10.3 Å². The molecule has 4 atom stereocenters. The molecular weight excluding hydrogens is 419 g/mol. The molecule has 6 nitrogen and oxygen atoms in total. The fraction of sp³-hybridized carbons (Fsp3) is 0.400. The fourth-order valence-electron chi connectivity index (χ4n) is 4.60. The molecule has 4 unspecified atom stereocenters. The molecule has 160 valence electrons. The van der Waals surface area contributed by atoms with Gasteiger partial charge in [0.25, 0.3) is 0 Å². The smallest absolute Gasteiger partial charge is 0.318 e. The molecule has 2 amide bonds. The van der Waals surface area contributed by atoms with Gasteiger partial charge in [-0.15, -0.1) is 0 Å². The maximum Gasteiger partial charge on any atom is 0.395 e. The van der Waals surface area contributed by atoms with Crippen LogP contribution in [-0.4, -0.2) is 47.8 Å². The highest BCUT2D eigenvalue weighted by molar-refractivity contribution is 7.92. The molecule has 2 aliphatic rings. The van der Waals surface area contributed by atoms with Crippen LogP contribution >= 0.6 is 0 Å². The summed E-state index contributed by atoms with van der Waals surface area (Å²) in [5, 5.41) is 0.583. The van der Waals surface area contributed by atoms with E-state index in [0.717, 1.165) is 0 Å². The highest BCUT2D eigenvalue weighted by Gasteiger charge is 2.62. The average Bonchev–Trinajstić information content (AvgIpc) is 3.00. The summed E-state index contributed by atoms with van der Waals surface area (Å²) in [4.78, 5) is 17.8. The summed E-state index contributed by atoms with van der Waals surface area (Å²) >= 11 is 0. The second-order valence-electron chi connectivity index (χ2n) is 7.56. The molecule has 10 heteroatoms. The second kappa shape index (κ2) is 7.57. The number of rotatable bonds is 3. The molecule has 2 fully saturated rings. The van der Waals surface area contributed by atoms with Crippen LogP contribution in [0.3, 0.4) is 0 Å². The zero-order valence-electron chi connectivity index (χ0n) is 15.8. The molecule has 0 spiro atoms. The van der Waals surface area contributed by atoms with Gasteiger partial charge in [0.05, 0.1) is 11.2 Å². The Morgan fingerprint density at radius 1 is 1.07 bits per heavy atom. The zero-order valence-corrected chi connectivity index (χ0v) is 16.6. The molecule has 0 radical (unpaired) electrons.